The Kier molecular flexibility index (Phi) is 5.95. The standard InChI is InChI=1S/C21H25N3O6S/c1-14-9-10-15(24(26)27)11-18(14)23(31(4,28)29)13-20(25)22-17-12-21(2,3)30-19-8-6-5-7-16(17)19/h5-11,17H,12-13H2,1-4H3,(H,22,25)/t17-/m1/s1. The molecule has 0 saturated carbocycles. The van der Waals surface area contributed by atoms with Gasteiger partial charge in [-0.2, -0.15) is 0 Å². The Balaban J connectivity index is 1.88. The molecule has 1 N–H and O–H groups in total. The lowest BCUT2D eigenvalue weighted by atomic mass is 9.89. The number of hydrogen-bond donors (Lipinski definition) is 1. The predicted molar refractivity (Wildman–Crippen MR) is 117 cm³/mol. The second-order valence-electron chi connectivity index (χ2n) is 8.22. The highest BCUT2D eigenvalue weighted by molar-refractivity contribution is 7.92. The minimum atomic E-state index is -3.88. The first kappa shape index (κ1) is 22.5. The van der Waals surface area contributed by atoms with E-state index in [-0.39, 0.29) is 17.4 Å². The average Bonchev–Trinajstić information content (AvgIpc) is 2.65. The number of hydrogen-bond acceptors (Lipinski definition) is 6. The average molecular weight is 448 g/mol. The minimum absolute atomic E-state index is 0.0968. The summed E-state index contributed by atoms with van der Waals surface area (Å²) in [6.07, 6.45) is 1.47. The molecule has 166 valence electrons. The molecule has 0 aliphatic carbocycles. The molecular weight excluding hydrogens is 422 g/mol. The molecule has 9 nitrogen and oxygen atoms in total. The SMILES string of the molecule is Cc1ccc([N+](=O)[O-])cc1N(CC(=O)N[C@@H]1CC(C)(C)Oc2ccccc21)S(C)(=O)=O. The minimum Gasteiger partial charge on any atom is -0.487 e. The molecule has 0 fully saturated rings. The van der Waals surface area contributed by atoms with E-state index in [9.17, 15) is 23.3 Å². The van der Waals surface area contributed by atoms with Crippen LogP contribution in [0.1, 0.15) is 37.4 Å². The van der Waals surface area contributed by atoms with Crippen molar-refractivity contribution in [3.8, 4) is 5.75 Å². The van der Waals surface area contributed by atoms with E-state index in [0.717, 1.165) is 22.2 Å². The lowest BCUT2D eigenvalue weighted by Gasteiger charge is -2.38. The van der Waals surface area contributed by atoms with E-state index in [1.165, 1.54) is 12.1 Å². The number of amides is 1. The molecule has 2 aromatic carbocycles. The maximum absolute atomic E-state index is 12.9. The topological polar surface area (TPSA) is 119 Å². The summed E-state index contributed by atoms with van der Waals surface area (Å²) < 4.78 is 31.8. The van der Waals surface area contributed by atoms with Crippen LogP contribution in [-0.2, 0) is 14.8 Å². The third-order valence-corrected chi connectivity index (χ3v) is 6.20. The molecule has 1 heterocycles. The number of non-ortho nitro benzene ring substituents is 1. The molecule has 1 aliphatic heterocycles. The third-order valence-electron chi connectivity index (χ3n) is 5.07. The van der Waals surface area contributed by atoms with Crippen LogP contribution in [0.5, 0.6) is 5.75 Å². The van der Waals surface area contributed by atoms with Gasteiger partial charge in [-0.05, 0) is 32.4 Å². The summed E-state index contributed by atoms with van der Waals surface area (Å²) in [6, 6.07) is 10.9. The summed E-state index contributed by atoms with van der Waals surface area (Å²) in [5.74, 6) is 0.146. The molecule has 0 unspecified atom stereocenters. The maximum Gasteiger partial charge on any atom is 0.271 e. The van der Waals surface area contributed by atoms with Crippen LogP contribution in [0, 0.1) is 17.0 Å². The van der Waals surface area contributed by atoms with Crippen molar-refractivity contribution in [3.63, 3.8) is 0 Å². The van der Waals surface area contributed by atoms with Crippen molar-refractivity contribution in [3.05, 3.63) is 63.7 Å². The second kappa shape index (κ2) is 8.18. The van der Waals surface area contributed by atoms with Crippen molar-refractivity contribution in [1.82, 2.24) is 5.32 Å². The van der Waals surface area contributed by atoms with E-state index in [2.05, 4.69) is 5.32 Å². The molecule has 31 heavy (non-hydrogen) atoms. The number of aryl methyl sites for hydroxylation is 1. The van der Waals surface area contributed by atoms with Crippen LogP contribution in [0.2, 0.25) is 0 Å². The Bertz CT molecular complexity index is 1130. The summed E-state index contributed by atoms with van der Waals surface area (Å²) in [5, 5.41) is 14.0. The van der Waals surface area contributed by atoms with Crippen LogP contribution in [0.4, 0.5) is 11.4 Å². The van der Waals surface area contributed by atoms with Gasteiger partial charge >= 0.3 is 0 Å². The van der Waals surface area contributed by atoms with Crippen LogP contribution in [0.3, 0.4) is 0 Å². The highest BCUT2D eigenvalue weighted by Gasteiger charge is 2.35. The summed E-state index contributed by atoms with van der Waals surface area (Å²) in [6.45, 7) is 4.96. The number of nitro benzene ring substituents is 1. The largest absolute Gasteiger partial charge is 0.487 e. The first-order valence-corrected chi connectivity index (χ1v) is 11.5. The fourth-order valence-corrected chi connectivity index (χ4v) is 4.57. The number of nitrogens with one attached hydrogen (secondary N) is 1. The Morgan fingerprint density at radius 1 is 1.29 bits per heavy atom. The predicted octanol–water partition coefficient (Wildman–Crippen LogP) is 3.09. The van der Waals surface area contributed by atoms with Gasteiger partial charge in [0.15, 0.2) is 0 Å². The molecule has 0 saturated heterocycles. The number of benzene rings is 2. The lowest BCUT2D eigenvalue weighted by Crippen LogP contribution is -2.45. The highest BCUT2D eigenvalue weighted by Crippen LogP contribution is 2.39. The van der Waals surface area contributed by atoms with Crippen LogP contribution >= 0.6 is 0 Å². The molecule has 0 spiro atoms. The summed E-state index contributed by atoms with van der Waals surface area (Å²) in [4.78, 5) is 23.4. The number of sulfonamides is 1. The van der Waals surface area contributed by atoms with Crippen LogP contribution in [-0.4, -0.2) is 37.6 Å². The molecule has 0 bridgehead atoms. The lowest BCUT2D eigenvalue weighted by molar-refractivity contribution is -0.384. The number of nitrogens with zero attached hydrogens (tertiary/aromatic N) is 2. The number of fused-ring (bicyclic) bond motifs is 1. The number of para-hydroxylation sites is 1. The number of rotatable bonds is 6. The zero-order valence-electron chi connectivity index (χ0n) is 17.8. The van der Waals surface area contributed by atoms with Gasteiger partial charge in [-0.3, -0.25) is 19.2 Å². The fraction of sp³-hybridized carbons (Fsp3) is 0.381. The van der Waals surface area contributed by atoms with Gasteiger partial charge in [-0.15, -0.1) is 0 Å². The molecule has 0 radical (unpaired) electrons. The molecule has 0 aromatic heterocycles. The fourth-order valence-electron chi connectivity index (χ4n) is 3.66. The zero-order valence-corrected chi connectivity index (χ0v) is 18.6. The maximum atomic E-state index is 12.9. The van der Waals surface area contributed by atoms with Crippen molar-refractivity contribution < 1.29 is 22.9 Å². The highest BCUT2D eigenvalue weighted by atomic mass is 32.2. The van der Waals surface area contributed by atoms with E-state index in [1.54, 1.807) is 6.92 Å². The first-order chi connectivity index (χ1) is 14.4. The normalized spacial score (nSPS) is 17.2. The van der Waals surface area contributed by atoms with Gasteiger partial charge in [-0.1, -0.05) is 24.3 Å². The molecule has 1 amide bonds. The van der Waals surface area contributed by atoms with Crippen molar-refractivity contribution >= 4 is 27.3 Å². The number of ether oxygens (including phenoxy) is 1. The van der Waals surface area contributed by atoms with Gasteiger partial charge < -0.3 is 10.1 Å². The van der Waals surface area contributed by atoms with Gasteiger partial charge in [0.25, 0.3) is 5.69 Å². The van der Waals surface area contributed by atoms with E-state index >= 15 is 0 Å². The monoisotopic (exact) mass is 447 g/mol. The van der Waals surface area contributed by atoms with Crippen LogP contribution < -0.4 is 14.4 Å². The number of carbonyl (C=O) groups is 1. The Morgan fingerprint density at radius 2 is 1.97 bits per heavy atom. The van der Waals surface area contributed by atoms with Gasteiger partial charge in [0.05, 0.1) is 22.9 Å². The summed E-state index contributed by atoms with van der Waals surface area (Å²) in [5.41, 5.74) is 0.641. The van der Waals surface area contributed by atoms with Crippen molar-refractivity contribution in [2.45, 2.75) is 38.8 Å². The second-order valence-corrected chi connectivity index (χ2v) is 10.1. The summed E-state index contributed by atoms with van der Waals surface area (Å²) >= 11 is 0. The molecule has 2 aromatic rings. The smallest absolute Gasteiger partial charge is 0.271 e. The van der Waals surface area contributed by atoms with E-state index < -0.39 is 33.0 Å². The zero-order chi connectivity index (χ0) is 23.0. The third kappa shape index (κ3) is 5.13. The number of anilines is 1. The van der Waals surface area contributed by atoms with Crippen molar-refractivity contribution in [1.29, 1.82) is 0 Å². The Labute approximate surface area is 181 Å². The van der Waals surface area contributed by atoms with Crippen LogP contribution in [0.25, 0.3) is 0 Å². The van der Waals surface area contributed by atoms with E-state index in [1.807, 2.05) is 38.1 Å². The summed E-state index contributed by atoms with van der Waals surface area (Å²) in [7, 11) is -3.88. The van der Waals surface area contributed by atoms with Gasteiger partial charge in [0.2, 0.25) is 15.9 Å². The van der Waals surface area contributed by atoms with Crippen molar-refractivity contribution in [2.75, 3.05) is 17.1 Å². The Hall–Kier alpha value is -3.14. The number of nitro groups is 1. The molecule has 1 aliphatic rings. The Morgan fingerprint density at radius 3 is 2.61 bits per heavy atom. The van der Waals surface area contributed by atoms with E-state index in [4.69, 9.17) is 4.74 Å². The van der Waals surface area contributed by atoms with E-state index in [0.29, 0.717) is 17.7 Å². The van der Waals surface area contributed by atoms with Crippen LogP contribution in [0.15, 0.2) is 42.5 Å². The van der Waals surface area contributed by atoms with Gasteiger partial charge in [0, 0.05) is 24.1 Å². The molecular formula is C21H25N3O6S. The molecule has 10 heteroatoms. The van der Waals surface area contributed by atoms with Gasteiger partial charge in [-0.25, -0.2) is 8.42 Å². The van der Waals surface area contributed by atoms with Crippen molar-refractivity contribution in [2.24, 2.45) is 0 Å². The molecule has 1 atom stereocenters. The van der Waals surface area contributed by atoms with Gasteiger partial charge in [0.1, 0.15) is 17.9 Å². The quantitative estimate of drug-likeness (QED) is 0.537. The first-order valence-electron chi connectivity index (χ1n) is 9.67. The number of carbonyl (C=O) groups excluding carboxylic acids is 1. The molecule has 3 rings (SSSR count).